The zero-order valence-corrected chi connectivity index (χ0v) is 16.1. The molecule has 1 saturated heterocycles. The fourth-order valence-corrected chi connectivity index (χ4v) is 3.27. The van der Waals surface area contributed by atoms with E-state index in [1.165, 1.54) is 5.56 Å². The van der Waals surface area contributed by atoms with Crippen molar-refractivity contribution in [1.82, 2.24) is 9.80 Å². The lowest BCUT2D eigenvalue weighted by Crippen LogP contribution is -2.38. The first-order valence-corrected chi connectivity index (χ1v) is 9.36. The first-order valence-electron chi connectivity index (χ1n) is 9.36. The van der Waals surface area contributed by atoms with Crippen LogP contribution in [0.1, 0.15) is 22.3 Å². The van der Waals surface area contributed by atoms with Crippen LogP contribution in [0.15, 0.2) is 48.5 Å². The number of ether oxygens (including phenoxy) is 1. The van der Waals surface area contributed by atoms with E-state index in [-0.39, 0.29) is 6.03 Å². The van der Waals surface area contributed by atoms with Crippen LogP contribution in [0.3, 0.4) is 0 Å². The van der Waals surface area contributed by atoms with Crippen molar-refractivity contribution in [3.8, 4) is 5.75 Å². The van der Waals surface area contributed by atoms with Crippen LogP contribution in [0, 0.1) is 0 Å². The topological polar surface area (TPSA) is 87.9 Å². The van der Waals surface area contributed by atoms with E-state index in [2.05, 4.69) is 22.3 Å². The Bertz CT molecular complexity index is 823. The summed E-state index contributed by atoms with van der Waals surface area (Å²) in [6.07, 6.45) is 0.908. The van der Waals surface area contributed by atoms with Crippen LogP contribution < -0.4 is 15.8 Å². The SMILES string of the molecule is COc1ccc(CN2CCCN(C(=O)Nc3cccc(C(N)=O)c3)CC2)cc1. The van der Waals surface area contributed by atoms with Gasteiger partial charge in [-0.2, -0.15) is 0 Å². The second-order valence-corrected chi connectivity index (χ2v) is 6.84. The smallest absolute Gasteiger partial charge is 0.321 e. The highest BCUT2D eigenvalue weighted by Crippen LogP contribution is 2.15. The van der Waals surface area contributed by atoms with Gasteiger partial charge < -0.3 is 20.7 Å². The Balaban J connectivity index is 1.54. The van der Waals surface area contributed by atoms with Crippen LogP contribution in [-0.2, 0) is 6.54 Å². The first kappa shape index (κ1) is 19.7. The number of nitrogens with zero attached hydrogens (tertiary/aromatic N) is 2. The minimum atomic E-state index is -0.514. The summed E-state index contributed by atoms with van der Waals surface area (Å²) >= 11 is 0. The van der Waals surface area contributed by atoms with Crippen molar-refractivity contribution in [2.24, 2.45) is 5.73 Å². The Morgan fingerprint density at radius 2 is 1.86 bits per heavy atom. The maximum absolute atomic E-state index is 12.6. The quantitative estimate of drug-likeness (QED) is 0.832. The molecular formula is C21H26N4O3. The lowest BCUT2D eigenvalue weighted by molar-refractivity contribution is 0.1000. The average molecular weight is 382 g/mol. The molecule has 1 aliphatic rings. The van der Waals surface area contributed by atoms with E-state index in [1.54, 1.807) is 31.4 Å². The maximum atomic E-state index is 12.6. The van der Waals surface area contributed by atoms with Crippen LogP contribution in [0.4, 0.5) is 10.5 Å². The molecule has 0 unspecified atom stereocenters. The van der Waals surface area contributed by atoms with Gasteiger partial charge in [0, 0.05) is 44.0 Å². The second kappa shape index (κ2) is 9.23. The molecule has 3 amide bonds. The molecule has 0 spiro atoms. The molecule has 7 nitrogen and oxygen atoms in total. The predicted molar refractivity (Wildman–Crippen MR) is 108 cm³/mol. The number of benzene rings is 2. The zero-order chi connectivity index (χ0) is 19.9. The van der Waals surface area contributed by atoms with Crippen molar-refractivity contribution in [2.45, 2.75) is 13.0 Å². The summed E-state index contributed by atoms with van der Waals surface area (Å²) in [5.74, 6) is 0.336. The van der Waals surface area contributed by atoms with E-state index >= 15 is 0 Å². The lowest BCUT2D eigenvalue weighted by Gasteiger charge is -2.22. The fraction of sp³-hybridized carbons (Fsp3) is 0.333. The summed E-state index contributed by atoms with van der Waals surface area (Å²) in [4.78, 5) is 28.1. The zero-order valence-electron chi connectivity index (χ0n) is 16.1. The fourth-order valence-electron chi connectivity index (χ4n) is 3.27. The van der Waals surface area contributed by atoms with E-state index in [0.29, 0.717) is 24.3 Å². The number of rotatable bonds is 5. The third kappa shape index (κ3) is 5.23. The van der Waals surface area contributed by atoms with Crippen LogP contribution in [-0.4, -0.2) is 55.0 Å². The molecule has 0 radical (unpaired) electrons. The Labute approximate surface area is 165 Å². The van der Waals surface area contributed by atoms with Crippen molar-refractivity contribution in [2.75, 3.05) is 38.6 Å². The van der Waals surface area contributed by atoms with Crippen molar-refractivity contribution < 1.29 is 14.3 Å². The Morgan fingerprint density at radius 1 is 1.07 bits per heavy atom. The van der Waals surface area contributed by atoms with Gasteiger partial charge in [-0.15, -0.1) is 0 Å². The maximum Gasteiger partial charge on any atom is 0.321 e. The standard InChI is InChI=1S/C21H26N4O3/c1-28-19-8-6-16(7-9-19)15-24-10-3-11-25(13-12-24)21(27)23-18-5-2-4-17(14-18)20(22)26/h2,4-9,14H,3,10-13,15H2,1H3,(H2,22,26)(H,23,27). The summed E-state index contributed by atoms with van der Waals surface area (Å²) < 4.78 is 5.20. The van der Waals surface area contributed by atoms with Gasteiger partial charge in [-0.3, -0.25) is 9.69 Å². The number of nitrogens with two attached hydrogens (primary N) is 1. The van der Waals surface area contributed by atoms with Gasteiger partial charge >= 0.3 is 6.03 Å². The van der Waals surface area contributed by atoms with Gasteiger partial charge in [-0.25, -0.2) is 4.79 Å². The molecule has 0 saturated carbocycles. The Hall–Kier alpha value is -3.06. The molecule has 3 rings (SSSR count). The minimum absolute atomic E-state index is 0.159. The molecule has 2 aromatic rings. The number of hydrogen-bond acceptors (Lipinski definition) is 4. The van der Waals surface area contributed by atoms with E-state index in [4.69, 9.17) is 10.5 Å². The van der Waals surface area contributed by atoms with Crippen molar-refractivity contribution in [3.05, 3.63) is 59.7 Å². The molecule has 7 heteroatoms. The van der Waals surface area contributed by atoms with Gasteiger partial charge in [0.15, 0.2) is 0 Å². The lowest BCUT2D eigenvalue weighted by atomic mass is 10.2. The summed E-state index contributed by atoms with van der Waals surface area (Å²) in [6.45, 7) is 3.94. The molecule has 3 N–H and O–H groups in total. The van der Waals surface area contributed by atoms with E-state index in [0.717, 1.165) is 31.8 Å². The van der Waals surface area contributed by atoms with Crippen LogP contribution in [0.25, 0.3) is 0 Å². The minimum Gasteiger partial charge on any atom is -0.497 e. The molecule has 28 heavy (non-hydrogen) atoms. The summed E-state index contributed by atoms with van der Waals surface area (Å²) in [6, 6.07) is 14.6. The molecule has 0 aliphatic carbocycles. The number of nitrogens with one attached hydrogen (secondary N) is 1. The highest BCUT2D eigenvalue weighted by molar-refractivity contribution is 5.95. The number of carbonyl (C=O) groups is 2. The number of hydrogen-bond donors (Lipinski definition) is 2. The third-order valence-electron chi connectivity index (χ3n) is 4.84. The summed E-state index contributed by atoms with van der Waals surface area (Å²) in [5, 5.41) is 2.86. The highest BCUT2D eigenvalue weighted by atomic mass is 16.5. The molecule has 0 aromatic heterocycles. The van der Waals surface area contributed by atoms with Gasteiger partial charge in [0.2, 0.25) is 5.91 Å². The predicted octanol–water partition coefficient (Wildman–Crippen LogP) is 2.53. The molecule has 2 aromatic carbocycles. The van der Waals surface area contributed by atoms with Gasteiger partial charge in [0.05, 0.1) is 7.11 Å². The molecule has 0 bridgehead atoms. The number of anilines is 1. The molecule has 148 valence electrons. The van der Waals surface area contributed by atoms with Gasteiger partial charge in [-0.05, 0) is 42.3 Å². The largest absolute Gasteiger partial charge is 0.497 e. The second-order valence-electron chi connectivity index (χ2n) is 6.84. The van der Waals surface area contributed by atoms with E-state index in [1.807, 2.05) is 17.0 Å². The van der Waals surface area contributed by atoms with Crippen LogP contribution in [0.5, 0.6) is 5.75 Å². The number of urea groups is 1. The summed E-state index contributed by atoms with van der Waals surface area (Å²) in [7, 11) is 1.66. The summed E-state index contributed by atoms with van der Waals surface area (Å²) in [5.41, 5.74) is 7.47. The molecule has 1 heterocycles. The third-order valence-corrected chi connectivity index (χ3v) is 4.84. The molecule has 0 atom stereocenters. The normalized spacial score (nSPS) is 15.0. The van der Waals surface area contributed by atoms with Gasteiger partial charge in [0.1, 0.15) is 5.75 Å². The Kier molecular flexibility index (Phi) is 6.49. The van der Waals surface area contributed by atoms with Crippen molar-refractivity contribution >= 4 is 17.6 Å². The van der Waals surface area contributed by atoms with E-state index < -0.39 is 5.91 Å². The number of primary amides is 1. The van der Waals surface area contributed by atoms with Gasteiger partial charge in [-0.1, -0.05) is 18.2 Å². The van der Waals surface area contributed by atoms with Crippen LogP contribution >= 0.6 is 0 Å². The molecular weight excluding hydrogens is 356 g/mol. The molecule has 1 aliphatic heterocycles. The molecule has 1 fully saturated rings. The number of carbonyl (C=O) groups excluding carboxylic acids is 2. The monoisotopic (exact) mass is 382 g/mol. The van der Waals surface area contributed by atoms with Crippen LogP contribution in [0.2, 0.25) is 0 Å². The Morgan fingerprint density at radius 3 is 2.57 bits per heavy atom. The van der Waals surface area contributed by atoms with Crippen molar-refractivity contribution in [1.29, 1.82) is 0 Å². The average Bonchev–Trinajstić information content (AvgIpc) is 2.94. The first-order chi connectivity index (χ1) is 13.5. The highest BCUT2D eigenvalue weighted by Gasteiger charge is 2.19. The number of amides is 3. The van der Waals surface area contributed by atoms with Crippen molar-refractivity contribution in [3.63, 3.8) is 0 Å². The van der Waals surface area contributed by atoms with Gasteiger partial charge in [0.25, 0.3) is 0 Å². The number of methoxy groups -OCH3 is 1. The van der Waals surface area contributed by atoms with E-state index in [9.17, 15) is 9.59 Å².